The minimum atomic E-state index is -1.09. The largest absolute Gasteiger partial charge is 0.443 e. The molecule has 0 saturated heterocycles. The van der Waals surface area contributed by atoms with E-state index in [4.69, 9.17) is 10.5 Å². The maximum absolute atomic E-state index is 14.5. The van der Waals surface area contributed by atoms with Crippen LogP contribution >= 0.6 is 11.3 Å². The van der Waals surface area contributed by atoms with Crippen LogP contribution in [0.25, 0.3) is 0 Å². The van der Waals surface area contributed by atoms with E-state index >= 15 is 0 Å². The molecule has 11 heteroatoms. The van der Waals surface area contributed by atoms with E-state index in [0.29, 0.717) is 6.42 Å². The van der Waals surface area contributed by atoms with Crippen LogP contribution in [-0.4, -0.2) is 28.4 Å². The van der Waals surface area contributed by atoms with Gasteiger partial charge in [-0.25, -0.2) is 8.78 Å². The highest BCUT2D eigenvalue weighted by molar-refractivity contribution is 7.07. The van der Waals surface area contributed by atoms with Crippen LogP contribution in [0.1, 0.15) is 57.8 Å². The lowest BCUT2D eigenvalue weighted by Gasteiger charge is -2.17. The van der Waals surface area contributed by atoms with E-state index in [0.717, 1.165) is 23.5 Å². The first kappa shape index (κ1) is 27.3. The number of rotatable bonds is 8. The molecule has 2 atom stereocenters. The van der Waals surface area contributed by atoms with Crippen LogP contribution in [0.3, 0.4) is 0 Å². The Morgan fingerprint density at radius 1 is 1.24 bits per heavy atom. The number of aromatic nitrogens is 1. The molecule has 0 aliphatic heterocycles. The molecule has 0 spiro atoms. The number of anilines is 1. The van der Waals surface area contributed by atoms with Gasteiger partial charge in [0.15, 0.2) is 23.2 Å². The monoisotopic (exact) mass is 496 g/mol. The second kappa shape index (κ2) is 11.5. The van der Waals surface area contributed by atoms with Crippen molar-refractivity contribution in [2.45, 2.75) is 60.2 Å². The third kappa shape index (κ3) is 7.56. The number of benzene rings is 1. The van der Waals surface area contributed by atoms with Crippen LogP contribution in [0.15, 0.2) is 28.7 Å². The summed E-state index contributed by atoms with van der Waals surface area (Å²) >= 11 is 1.08. The Labute approximate surface area is 200 Å². The van der Waals surface area contributed by atoms with Crippen LogP contribution in [0.2, 0.25) is 0 Å². The van der Waals surface area contributed by atoms with E-state index in [1.54, 1.807) is 11.6 Å². The van der Waals surface area contributed by atoms with E-state index in [1.807, 2.05) is 34.6 Å². The zero-order valence-electron chi connectivity index (χ0n) is 19.9. The summed E-state index contributed by atoms with van der Waals surface area (Å²) in [4.78, 5) is 40.7. The number of nitrogens with one attached hydrogen (secondary N) is 1. The minimum absolute atomic E-state index is 0.0586. The SMILES string of the molecule is CCC(C)[C@H](N)C(=O)OCn1ccsc1=NC(=O)c1cc(F)c(NC(=O)CC(C)(C)C)c(F)c1. The van der Waals surface area contributed by atoms with Crippen LogP contribution < -0.4 is 15.9 Å². The van der Waals surface area contributed by atoms with Crippen molar-refractivity contribution in [1.29, 1.82) is 0 Å². The number of nitrogens with two attached hydrogens (primary N) is 1. The molecule has 1 unspecified atom stereocenters. The Bertz CT molecular complexity index is 1100. The van der Waals surface area contributed by atoms with Crippen molar-refractivity contribution in [3.63, 3.8) is 0 Å². The topological polar surface area (TPSA) is 116 Å². The normalized spacial score (nSPS) is 13.9. The van der Waals surface area contributed by atoms with Crippen LogP contribution in [-0.2, 0) is 21.1 Å². The first-order valence-electron chi connectivity index (χ1n) is 10.8. The van der Waals surface area contributed by atoms with Crippen LogP contribution in [0, 0.1) is 23.0 Å². The Kier molecular flexibility index (Phi) is 9.22. The summed E-state index contributed by atoms with van der Waals surface area (Å²) < 4.78 is 35.6. The van der Waals surface area contributed by atoms with Gasteiger partial charge in [0, 0.05) is 23.6 Å². The Hall–Kier alpha value is -2.92. The second-order valence-corrected chi connectivity index (χ2v) is 10.0. The summed E-state index contributed by atoms with van der Waals surface area (Å²) in [5, 5.41) is 3.83. The molecule has 186 valence electrons. The highest BCUT2D eigenvalue weighted by Gasteiger charge is 2.22. The molecule has 34 heavy (non-hydrogen) atoms. The lowest BCUT2D eigenvalue weighted by Crippen LogP contribution is -2.38. The molecule has 2 amide bonds. The highest BCUT2D eigenvalue weighted by Crippen LogP contribution is 2.24. The number of carbonyl (C=O) groups excluding carboxylic acids is 3. The Morgan fingerprint density at radius 3 is 2.41 bits per heavy atom. The number of hydrogen-bond donors (Lipinski definition) is 2. The average molecular weight is 497 g/mol. The minimum Gasteiger partial charge on any atom is -0.443 e. The number of hydrogen-bond acceptors (Lipinski definition) is 6. The lowest BCUT2D eigenvalue weighted by atomic mass is 9.92. The summed E-state index contributed by atoms with van der Waals surface area (Å²) in [6.45, 7) is 8.98. The number of carbonyl (C=O) groups is 3. The van der Waals surface area contributed by atoms with Crippen molar-refractivity contribution in [3.8, 4) is 0 Å². The number of esters is 1. The quantitative estimate of drug-likeness (QED) is 0.539. The molecule has 2 aromatic rings. The number of amides is 2. The third-order valence-corrected chi connectivity index (χ3v) is 5.77. The van der Waals surface area contributed by atoms with Gasteiger partial charge in [-0.15, -0.1) is 11.3 Å². The zero-order chi connectivity index (χ0) is 25.6. The van der Waals surface area contributed by atoms with Crippen molar-refractivity contribution >= 4 is 34.8 Å². The molecular formula is C23H30F2N4O4S. The molecule has 8 nitrogen and oxygen atoms in total. The van der Waals surface area contributed by atoms with Crippen LogP contribution in [0.5, 0.6) is 0 Å². The predicted octanol–water partition coefficient (Wildman–Crippen LogP) is 3.82. The molecule has 0 saturated carbocycles. The first-order valence-corrected chi connectivity index (χ1v) is 11.6. The zero-order valence-corrected chi connectivity index (χ0v) is 20.7. The van der Waals surface area contributed by atoms with Crippen molar-refractivity contribution < 1.29 is 27.9 Å². The number of halogens is 2. The van der Waals surface area contributed by atoms with E-state index in [2.05, 4.69) is 10.3 Å². The molecular weight excluding hydrogens is 466 g/mol. The Morgan fingerprint density at radius 2 is 1.85 bits per heavy atom. The summed E-state index contributed by atoms with van der Waals surface area (Å²) in [5.41, 5.74) is 4.53. The standard InChI is InChI=1S/C23H30F2N4O4S/c1-6-13(2)18(26)21(32)33-12-29-7-8-34-22(29)28-20(31)14-9-15(24)19(16(25)10-14)27-17(30)11-23(3,4)5/h7-10,13,18H,6,11-12,26H2,1-5H3,(H,27,30)/t13?,18-/m0/s1. The van der Waals surface area contributed by atoms with E-state index in [9.17, 15) is 23.2 Å². The van der Waals surface area contributed by atoms with Gasteiger partial charge in [0.2, 0.25) is 5.91 Å². The molecule has 1 aromatic heterocycles. The van der Waals surface area contributed by atoms with E-state index in [-0.39, 0.29) is 34.8 Å². The maximum Gasteiger partial charge on any atom is 0.324 e. The Balaban J connectivity index is 2.17. The molecule has 0 radical (unpaired) electrons. The van der Waals surface area contributed by atoms with Gasteiger partial charge in [-0.2, -0.15) is 4.99 Å². The molecule has 0 fully saturated rings. The van der Waals surface area contributed by atoms with Gasteiger partial charge < -0.3 is 15.8 Å². The lowest BCUT2D eigenvalue weighted by molar-refractivity contribution is -0.150. The fraction of sp³-hybridized carbons (Fsp3) is 0.478. The van der Waals surface area contributed by atoms with Crippen molar-refractivity contribution in [2.24, 2.45) is 22.1 Å². The van der Waals surface area contributed by atoms with Crippen molar-refractivity contribution in [3.05, 3.63) is 45.7 Å². The van der Waals surface area contributed by atoms with Crippen molar-refractivity contribution in [2.75, 3.05) is 5.32 Å². The summed E-state index contributed by atoms with van der Waals surface area (Å²) in [5.74, 6) is -4.27. The number of thiazole rings is 1. The molecule has 1 aromatic carbocycles. The molecule has 3 N–H and O–H groups in total. The fourth-order valence-corrected chi connectivity index (χ4v) is 3.55. The van der Waals surface area contributed by atoms with Gasteiger partial charge in [-0.05, 0) is 23.5 Å². The highest BCUT2D eigenvalue weighted by atomic mass is 32.1. The van der Waals surface area contributed by atoms with Gasteiger partial charge in [0.25, 0.3) is 5.91 Å². The predicted molar refractivity (Wildman–Crippen MR) is 125 cm³/mol. The maximum atomic E-state index is 14.5. The van der Waals surface area contributed by atoms with Crippen molar-refractivity contribution in [1.82, 2.24) is 4.57 Å². The first-order chi connectivity index (χ1) is 15.8. The average Bonchev–Trinajstić information content (AvgIpc) is 3.18. The molecule has 0 aliphatic rings. The van der Waals surface area contributed by atoms with Gasteiger partial charge in [0.05, 0.1) is 0 Å². The van der Waals surface area contributed by atoms with Gasteiger partial charge in [0.1, 0.15) is 11.7 Å². The molecule has 1 heterocycles. The van der Waals surface area contributed by atoms with E-state index in [1.165, 1.54) is 4.57 Å². The number of ether oxygens (including phenoxy) is 1. The van der Waals surface area contributed by atoms with Crippen LogP contribution in [0.4, 0.5) is 14.5 Å². The smallest absolute Gasteiger partial charge is 0.324 e. The summed E-state index contributed by atoms with van der Waals surface area (Å²) in [7, 11) is 0. The van der Waals surface area contributed by atoms with Gasteiger partial charge >= 0.3 is 5.97 Å². The molecule has 0 aliphatic carbocycles. The van der Waals surface area contributed by atoms with Gasteiger partial charge in [-0.1, -0.05) is 41.0 Å². The fourth-order valence-electron chi connectivity index (χ4n) is 2.83. The van der Waals surface area contributed by atoms with E-state index < -0.39 is 41.1 Å². The number of nitrogens with zero attached hydrogens (tertiary/aromatic N) is 2. The summed E-state index contributed by atoms with van der Waals surface area (Å²) in [6.07, 6.45) is 2.32. The molecule has 2 rings (SSSR count). The molecule has 0 bridgehead atoms. The second-order valence-electron chi connectivity index (χ2n) is 9.18. The summed E-state index contributed by atoms with van der Waals surface area (Å²) in [6, 6.07) is 0.842. The van der Waals surface area contributed by atoms with Gasteiger partial charge in [-0.3, -0.25) is 19.0 Å². The third-order valence-electron chi connectivity index (χ3n) is 4.98.